The first-order valence-electron chi connectivity index (χ1n) is 4.02. The van der Waals surface area contributed by atoms with E-state index < -0.39 is 0 Å². The number of carbonyl (C=O) groups excluding carboxylic acids is 1. The molecule has 72 valence electrons. The van der Waals surface area contributed by atoms with Gasteiger partial charge in [-0.25, -0.2) is 0 Å². The highest BCUT2D eigenvalue weighted by molar-refractivity contribution is 6.17. The Hall–Kier alpha value is -0.280. The molecule has 0 aromatic heterocycles. The van der Waals surface area contributed by atoms with Crippen molar-refractivity contribution in [3.05, 3.63) is 0 Å². The van der Waals surface area contributed by atoms with E-state index in [2.05, 4.69) is 0 Å². The summed E-state index contributed by atoms with van der Waals surface area (Å²) in [6.45, 7) is 4.83. The standard InChI is InChI=1S/C8H15ClO3/c1-3-12-8(10)7(2)6-11-5-4-9/h7H,3-6H2,1-2H3. The lowest BCUT2D eigenvalue weighted by molar-refractivity contribution is -0.149. The summed E-state index contributed by atoms with van der Waals surface area (Å²) in [5, 5.41) is 0. The largest absolute Gasteiger partial charge is 0.466 e. The van der Waals surface area contributed by atoms with Crippen LogP contribution in [0.3, 0.4) is 0 Å². The van der Waals surface area contributed by atoms with Gasteiger partial charge >= 0.3 is 5.97 Å². The maximum absolute atomic E-state index is 11.0. The molecule has 0 heterocycles. The summed E-state index contributed by atoms with van der Waals surface area (Å²) >= 11 is 5.38. The average Bonchev–Trinajstić information content (AvgIpc) is 2.05. The summed E-state index contributed by atoms with van der Waals surface area (Å²) in [5.74, 6) is 0.0375. The molecule has 4 heteroatoms. The molecule has 0 aliphatic heterocycles. The number of rotatable bonds is 6. The minimum absolute atomic E-state index is 0.201. The van der Waals surface area contributed by atoms with Gasteiger partial charge in [-0.1, -0.05) is 0 Å². The number of alkyl halides is 1. The fourth-order valence-electron chi connectivity index (χ4n) is 0.667. The zero-order chi connectivity index (χ0) is 9.40. The van der Waals surface area contributed by atoms with E-state index in [1.807, 2.05) is 0 Å². The van der Waals surface area contributed by atoms with Crippen molar-refractivity contribution in [2.45, 2.75) is 13.8 Å². The van der Waals surface area contributed by atoms with Crippen molar-refractivity contribution in [2.75, 3.05) is 25.7 Å². The molecule has 12 heavy (non-hydrogen) atoms. The Bertz CT molecular complexity index is 127. The first-order chi connectivity index (χ1) is 5.72. The minimum Gasteiger partial charge on any atom is -0.466 e. The molecule has 1 unspecified atom stereocenters. The third-order valence-corrected chi connectivity index (χ3v) is 1.43. The summed E-state index contributed by atoms with van der Waals surface area (Å²) in [4.78, 5) is 11.0. The third-order valence-electron chi connectivity index (χ3n) is 1.28. The smallest absolute Gasteiger partial charge is 0.310 e. The first kappa shape index (κ1) is 11.7. The van der Waals surface area contributed by atoms with Gasteiger partial charge in [0, 0.05) is 5.88 Å². The maximum Gasteiger partial charge on any atom is 0.310 e. The third kappa shape index (κ3) is 5.38. The molecule has 0 spiro atoms. The molecule has 0 N–H and O–H groups in total. The van der Waals surface area contributed by atoms with Crippen molar-refractivity contribution >= 4 is 17.6 Å². The molecule has 0 rings (SSSR count). The van der Waals surface area contributed by atoms with Gasteiger partial charge in [0.25, 0.3) is 0 Å². The van der Waals surface area contributed by atoms with Crippen molar-refractivity contribution in [3.8, 4) is 0 Å². The monoisotopic (exact) mass is 194 g/mol. The van der Waals surface area contributed by atoms with Crippen LogP contribution in [0.4, 0.5) is 0 Å². The number of halogens is 1. The predicted molar refractivity (Wildman–Crippen MR) is 47.3 cm³/mol. The van der Waals surface area contributed by atoms with E-state index in [1.165, 1.54) is 0 Å². The van der Waals surface area contributed by atoms with Crippen LogP contribution >= 0.6 is 11.6 Å². The first-order valence-corrected chi connectivity index (χ1v) is 4.56. The molecule has 0 saturated heterocycles. The van der Waals surface area contributed by atoms with Crippen molar-refractivity contribution in [1.29, 1.82) is 0 Å². The Morgan fingerprint density at radius 2 is 2.25 bits per heavy atom. The number of ether oxygens (including phenoxy) is 2. The molecule has 0 aromatic carbocycles. The molecule has 0 aromatic rings. The van der Waals surface area contributed by atoms with Crippen LogP contribution in [0, 0.1) is 5.92 Å². The Balaban J connectivity index is 3.42. The molecule has 0 saturated carbocycles. The molecule has 0 aliphatic carbocycles. The van der Waals surface area contributed by atoms with Crippen molar-refractivity contribution < 1.29 is 14.3 Å². The quantitative estimate of drug-likeness (QED) is 0.365. The summed E-state index contributed by atoms with van der Waals surface area (Å²) in [6, 6.07) is 0. The zero-order valence-corrected chi connectivity index (χ0v) is 8.26. The molecular formula is C8H15ClO3. The van der Waals surface area contributed by atoms with Crippen LogP contribution in [0.1, 0.15) is 13.8 Å². The summed E-state index contributed by atoms with van der Waals surface area (Å²) < 4.78 is 9.86. The number of hydrogen-bond acceptors (Lipinski definition) is 3. The second-order valence-electron chi connectivity index (χ2n) is 2.42. The van der Waals surface area contributed by atoms with Crippen LogP contribution in [0.2, 0.25) is 0 Å². The maximum atomic E-state index is 11.0. The molecular weight excluding hydrogens is 180 g/mol. The Labute approximate surface area is 78.0 Å². The van der Waals surface area contributed by atoms with Gasteiger partial charge in [0.1, 0.15) is 0 Å². The van der Waals surface area contributed by atoms with Crippen molar-refractivity contribution in [1.82, 2.24) is 0 Å². The highest BCUT2D eigenvalue weighted by atomic mass is 35.5. The highest BCUT2D eigenvalue weighted by Crippen LogP contribution is 1.99. The van der Waals surface area contributed by atoms with Crippen LogP contribution < -0.4 is 0 Å². The zero-order valence-electron chi connectivity index (χ0n) is 7.51. The molecule has 0 aliphatic rings. The second-order valence-corrected chi connectivity index (χ2v) is 2.79. The van der Waals surface area contributed by atoms with E-state index in [4.69, 9.17) is 21.1 Å². The molecule has 0 bridgehead atoms. The summed E-state index contributed by atoms with van der Waals surface area (Å²) in [7, 11) is 0. The Morgan fingerprint density at radius 3 is 2.75 bits per heavy atom. The Kier molecular flexibility index (Phi) is 7.20. The van der Waals surface area contributed by atoms with Gasteiger partial charge in [-0.05, 0) is 13.8 Å². The van der Waals surface area contributed by atoms with E-state index in [0.29, 0.717) is 25.7 Å². The minimum atomic E-state index is -0.216. The van der Waals surface area contributed by atoms with Crippen molar-refractivity contribution in [3.63, 3.8) is 0 Å². The van der Waals surface area contributed by atoms with Gasteiger partial charge in [0.15, 0.2) is 0 Å². The summed E-state index contributed by atoms with van der Waals surface area (Å²) in [5.41, 5.74) is 0. The van der Waals surface area contributed by atoms with Gasteiger partial charge in [-0.3, -0.25) is 4.79 Å². The van der Waals surface area contributed by atoms with Gasteiger partial charge in [0.2, 0.25) is 0 Å². The summed E-state index contributed by atoms with van der Waals surface area (Å²) in [6.07, 6.45) is 0. The SMILES string of the molecule is CCOC(=O)C(C)COCCCl. The number of esters is 1. The van der Waals surface area contributed by atoms with E-state index in [-0.39, 0.29) is 11.9 Å². The lowest BCUT2D eigenvalue weighted by Crippen LogP contribution is -2.20. The number of hydrogen-bond donors (Lipinski definition) is 0. The predicted octanol–water partition coefficient (Wildman–Crippen LogP) is 1.44. The molecule has 0 radical (unpaired) electrons. The van der Waals surface area contributed by atoms with Gasteiger partial charge in [-0.2, -0.15) is 0 Å². The van der Waals surface area contributed by atoms with E-state index in [0.717, 1.165) is 0 Å². The van der Waals surface area contributed by atoms with Gasteiger partial charge in [-0.15, -0.1) is 11.6 Å². The fraction of sp³-hybridized carbons (Fsp3) is 0.875. The Morgan fingerprint density at radius 1 is 1.58 bits per heavy atom. The van der Waals surface area contributed by atoms with E-state index in [9.17, 15) is 4.79 Å². The normalized spacial score (nSPS) is 12.6. The van der Waals surface area contributed by atoms with Crippen LogP contribution in [0.15, 0.2) is 0 Å². The van der Waals surface area contributed by atoms with Crippen LogP contribution in [-0.4, -0.2) is 31.7 Å². The van der Waals surface area contributed by atoms with E-state index in [1.54, 1.807) is 13.8 Å². The lowest BCUT2D eigenvalue weighted by atomic mass is 10.2. The number of carbonyl (C=O) groups is 1. The van der Waals surface area contributed by atoms with E-state index >= 15 is 0 Å². The van der Waals surface area contributed by atoms with Gasteiger partial charge < -0.3 is 9.47 Å². The van der Waals surface area contributed by atoms with Crippen LogP contribution in [-0.2, 0) is 14.3 Å². The fourth-order valence-corrected chi connectivity index (χ4v) is 0.776. The molecule has 0 fully saturated rings. The highest BCUT2D eigenvalue weighted by Gasteiger charge is 2.13. The molecule has 3 nitrogen and oxygen atoms in total. The molecule has 1 atom stereocenters. The second kappa shape index (κ2) is 7.37. The topological polar surface area (TPSA) is 35.5 Å². The molecule has 0 amide bonds. The average molecular weight is 195 g/mol. The van der Waals surface area contributed by atoms with Crippen LogP contribution in [0.25, 0.3) is 0 Å². The van der Waals surface area contributed by atoms with Crippen LogP contribution in [0.5, 0.6) is 0 Å². The van der Waals surface area contributed by atoms with Gasteiger partial charge in [0.05, 0.1) is 25.7 Å². The van der Waals surface area contributed by atoms with Crippen molar-refractivity contribution in [2.24, 2.45) is 5.92 Å². The lowest BCUT2D eigenvalue weighted by Gasteiger charge is -2.09.